The number of nitrogens with one attached hydrogen (secondary N) is 1. The molecule has 3 N–H and O–H groups in total. The molecule has 0 saturated heterocycles. The number of fused-ring (bicyclic) bond motifs is 2. The van der Waals surface area contributed by atoms with E-state index in [0.717, 1.165) is 0 Å². The van der Waals surface area contributed by atoms with Crippen LogP contribution in [0.4, 0.5) is 11.4 Å². The molecule has 3 rings (SSSR count). The summed E-state index contributed by atoms with van der Waals surface area (Å²) in [4.78, 5) is 7.08. The van der Waals surface area contributed by atoms with Crippen LogP contribution in [0.2, 0.25) is 0 Å². The number of nitrogens with zero attached hydrogens (tertiary/aromatic N) is 2. The summed E-state index contributed by atoms with van der Waals surface area (Å²) in [5.41, 5.74) is 2.48. The van der Waals surface area contributed by atoms with Crippen LogP contribution < -0.4 is 10.2 Å². The molecular weight excluding hydrogens is 450 g/mol. The van der Waals surface area contributed by atoms with Gasteiger partial charge in [-0.25, -0.2) is 0 Å². The van der Waals surface area contributed by atoms with Crippen molar-refractivity contribution in [2.24, 2.45) is 0 Å². The largest absolute Gasteiger partial charge is 0.378 e. The van der Waals surface area contributed by atoms with E-state index in [1.54, 1.807) is 0 Å². The van der Waals surface area contributed by atoms with E-state index in [-0.39, 0.29) is 0 Å². The third kappa shape index (κ3) is 10.5. The summed E-state index contributed by atoms with van der Waals surface area (Å²) < 4.78 is 51.7. The first-order valence-corrected chi connectivity index (χ1v) is 13.2. The highest BCUT2D eigenvalue weighted by Gasteiger charge is 2.25. The van der Waals surface area contributed by atoms with Gasteiger partial charge in [0.1, 0.15) is 0 Å². The Bertz CT molecular complexity index is 956. The predicted octanol–water partition coefficient (Wildman–Crippen LogP) is 2.03. The first-order chi connectivity index (χ1) is 13.5. The fourth-order valence-corrected chi connectivity index (χ4v) is 3.62. The van der Waals surface area contributed by atoms with Gasteiger partial charge in [-0.05, 0) is 32.3 Å². The molecule has 0 spiro atoms. The monoisotopic (exact) mass is 479 g/mol. The Hall–Kier alpha value is -1.57. The van der Waals surface area contributed by atoms with Crippen LogP contribution in [0.5, 0.6) is 0 Å². The van der Waals surface area contributed by atoms with Crippen molar-refractivity contribution in [3.05, 3.63) is 41.3 Å². The third-order valence-corrected chi connectivity index (χ3v) is 4.94. The van der Waals surface area contributed by atoms with Gasteiger partial charge in [0.15, 0.2) is 0 Å². The average molecular weight is 480 g/mol. The second-order valence-electron chi connectivity index (χ2n) is 7.17. The molecule has 2 atom stereocenters. The molecule has 1 aromatic carbocycles. The van der Waals surface area contributed by atoms with Crippen LogP contribution in [-0.4, -0.2) is 83.6 Å². The van der Waals surface area contributed by atoms with E-state index in [0.29, 0.717) is 24.6 Å². The van der Waals surface area contributed by atoms with E-state index in [1.807, 2.05) is 11.8 Å². The minimum atomic E-state index is -3.67. The minimum Gasteiger partial charge on any atom is -0.378 e. The molecule has 12 heteroatoms. The molecule has 170 valence electrons. The van der Waals surface area contributed by atoms with Crippen LogP contribution >= 0.6 is 11.8 Å². The van der Waals surface area contributed by atoms with E-state index in [4.69, 9.17) is 9.11 Å². The maximum absolute atomic E-state index is 9.19. The van der Waals surface area contributed by atoms with Crippen molar-refractivity contribution >= 4 is 43.4 Å². The Morgan fingerprint density at radius 3 is 1.97 bits per heavy atom. The Labute approximate surface area is 183 Å². The zero-order chi connectivity index (χ0) is 23.3. The van der Waals surface area contributed by atoms with Gasteiger partial charge in [-0.3, -0.25) is 14.0 Å². The Balaban J connectivity index is 0.000000378. The number of anilines is 2. The highest BCUT2D eigenvalue weighted by Crippen LogP contribution is 2.43. The van der Waals surface area contributed by atoms with Crippen LogP contribution in [0, 0.1) is 0 Å². The first kappa shape index (κ1) is 26.5. The molecule has 2 aliphatic rings. The highest BCUT2D eigenvalue weighted by molar-refractivity contribution is 8.03. The minimum absolute atomic E-state index is 0.328. The van der Waals surface area contributed by atoms with Crippen molar-refractivity contribution in [3.8, 4) is 0 Å². The summed E-state index contributed by atoms with van der Waals surface area (Å²) >= 11 is 1.89. The maximum Gasteiger partial charge on any atom is 0.261 e. The van der Waals surface area contributed by atoms with Gasteiger partial charge < -0.3 is 10.2 Å². The fourth-order valence-electron chi connectivity index (χ4n) is 2.47. The molecule has 0 bridgehead atoms. The van der Waals surface area contributed by atoms with Gasteiger partial charge in [0.2, 0.25) is 0 Å². The summed E-state index contributed by atoms with van der Waals surface area (Å²) in [6, 6.07) is 7.33. The van der Waals surface area contributed by atoms with Crippen molar-refractivity contribution in [1.29, 1.82) is 0 Å². The lowest BCUT2D eigenvalue weighted by Gasteiger charge is -2.32. The van der Waals surface area contributed by atoms with E-state index < -0.39 is 20.2 Å². The number of thioether (sulfide) groups is 1. The van der Waals surface area contributed by atoms with E-state index in [1.165, 1.54) is 21.2 Å². The van der Waals surface area contributed by atoms with Gasteiger partial charge in [-0.2, -0.15) is 16.8 Å². The summed E-state index contributed by atoms with van der Waals surface area (Å²) in [6.45, 7) is 0. The molecule has 9 nitrogen and oxygen atoms in total. The lowest BCUT2D eigenvalue weighted by molar-refractivity contribution is 0.388. The molecular formula is C18H29N3O6S3. The average Bonchev–Trinajstić information content (AvgIpc) is 2.55. The number of benzene rings is 1. The molecule has 30 heavy (non-hydrogen) atoms. The lowest BCUT2D eigenvalue weighted by atomic mass is 10.1. The zero-order valence-corrected chi connectivity index (χ0v) is 20.2. The Kier molecular flexibility index (Phi) is 9.39. The molecule has 1 aliphatic carbocycles. The van der Waals surface area contributed by atoms with Crippen LogP contribution in [-0.2, 0) is 20.2 Å². The molecule has 2 unspecified atom stereocenters. The smallest absolute Gasteiger partial charge is 0.261 e. The normalized spacial score (nSPS) is 19.7. The Morgan fingerprint density at radius 2 is 1.50 bits per heavy atom. The standard InChI is InChI=1S/C16H21N3S.2CH4O3S/c1-18(2)11-5-7-13-15(9-11)20-16-10-12(19(3)4)6-8-14(16)17-13;2*1-5(2,3)4/h5-11,13,17H,1-4H3;2*1H3,(H,2,3,4). The van der Waals surface area contributed by atoms with Crippen molar-refractivity contribution < 1.29 is 25.9 Å². The summed E-state index contributed by atoms with van der Waals surface area (Å²) in [5, 5.41) is 3.61. The van der Waals surface area contributed by atoms with Gasteiger partial charge in [0.25, 0.3) is 20.2 Å². The Morgan fingerprint density at radius 1 is 0.967 bits per heavy atom. The number of hydrogen-bond donors (Lipinski definition) is 3. The van der Waals surface area contributed by atoms with Crippen LogP contribution in [0.3, 0.4) is 0 Å². The first-order valence-electron chi connectivity index (χ1n) is 8.71. The van der Waals surface area contributed by atoms with E-state index in [2.05, 4.69) is 79.7 Å². The quantitative estimate of drug-likeness (QED) is 0.428. The molecule has 1 aromatic rings. The molecule has 0 radical (unpaired) electrons. The highest BCUT2D eigenvalue weighted by atomic mass is 32.2. The van der Waals surface area contributed by atoms with Gasteiger partial charge in [-0.1, -0.05) is 30.0 Å². The molecule has 0 fully saturated rings. The van der Waals surface area contributed by atoms with Gasteiger partial charge in [-0.15, -0.1) is 0 Å². The summed E-state index contributed by atoms with van der Waals surface area (Å²) in [7, 11) is 1.06. The number of rotatable bonds is 2. The number of likely N-dealkylation sites (N-methyl/N-ethyl adjacent to an activating group) is 1. The van der Waals surface area contributed by atoms with E-state index >= 15 is 0 Å². The predicted molar refractivity (Wildman–Crippen MR) is 124 cm³/mol. The van der Waals surface area contributed by atoms with Crippen molar-refractivity contribution in [2.75, 3.05) is 50.9 Å². The second-order valence-corrected chi connectivity index (χ2v) is 11.2. The second kappa shape index (κ2) is 10.6. The SMILES string of the molecule is CN(C)c1ccc2c(c1)SC1=CC(N(C)C)C=CC1N2.CS(=O)(=O)O.CS(=O)(=O)O. The van der Waals surface area contributed by atoms with Gasteiger partial charge >= 0.3 is 0 Å². The maximum atomic E-state index is 9.19. The van der Waals surface area contributed by atoms with Crippen molar-refractivity contribution in [3.63, 3.8) is 0 Å². The fraction of sp³-hybridized carbons (Fsp3) is 0.444. The van der Waals surface area contributed by atoms with Gasteiger partial charge in [0, 0.05) is 41.3 Å². The molecule has 0 amide bonds. The van der Waals surface area contributed by atoms with Gasteiger partial charge in [0.05, 0.1) is 18.6 Å². The molecule has 0 aromatic heterocycles. The zero-order valence-electron chi connectivity index (χ0n) is 17.8. The molecule has 1 heterocycles. The summed E-state index contributed by atoms with van der Waals surface area (Å²) in [6.07, 6.45) is 8.32. The summed E-state index contributed by atoms with van der Waals surface area (Å²) in [5.74, 6) is 0. The van der Waals surface area contributed by atoms with E-state index in [9.17, 15) is 16.8 Å². The van der Waals surface area contributed by atoms with Crippen LogP contribution in [0.25, 0.3) is 0 Å². The topological polar surface area (TPSA) is 127 Å². The number of hydrogen-bond acceptors (Lipinski definition) is 8. The van der Waals surface area contributed by atoms with Crippen LogP contribution in [0.1, 0.15) is 0 Å². The van der Waals surface area contributed by atoms with Crippen molar-refractivity contribution in [2.45, 2.75) is 17.0 Å². The third-order valence-electron chi connectivity index (χ3n) is 3.76. The van der Waals surface area contributed by atoms with Crippen LogP contribution in [0.15, 0.2) is 46.2 Å². The molecule has 1 aliphatic heterocycles. The van der Waals surface area contributed by atoms with Crippen molar-refractivity contribution in [1.82, 2.24) is 4.90 Å². The lowest BCUT2D eigenvalue weighted by Crippen LogP contribution is -2.31. The molecule has 0 saturated carbocycles.